The van der Waals surface area contributed by atoms with Gasteiger partial charge in [0.15, 0.2) is 0 Å². The van der Waals surface area contributed by atoms with Gasteiger partial charge in [0.05, 0.1) is 0 Å². The molecule has 2 heterocycles. The maximum absolute atomic E-state index is 11.7. The van der Waals surface area contributed by atoms with Crippen LogP contribution in [0.4, 0.5) is 0 Å². The van der Waals surface area contributed by atoms with Gasteiger partial charge >= 0.3 is 0 Å². The average molecular weight is 225 g/mol. The van der Waals surface area contributed by atoms with Gasteiger partial charge in [-0.05, 0) is 18.6 Å². The summed E-state index contributed by atoms with van der Waals surface area (Å²) in [5.41, 5.74) is 2.23. The van der Waals surface area contributed by atoms with Crippen LogP contribution >= 0.6 is 11.6 Å². The smallest absolute Gasteiger partial charge is 0.240 e. The van der Waals surface area contributed by atoms with Gasteiger partial charge in [-0.15, -0.1) is 11.6 Å². The number of alkyl halides is 1. The van der Waals surface area contributed by atoms with E-state index in [4.69, 9.17) is 11.6 Å². The number of pyridine rings is 1. The van der Waals surface area contributed by atoms with Gasteiger partial charge in [0.1, 0.15) is 5.38 Å². The molecule has 0 radical (unpaired) electrons. The molecule has 0 saturated carbocycles. The minimum Gasteiger partial charge on any atom is -0.337 e. The highest BCUT2D eigenvalue weighted by atomic mass is 35.5. The highest BCUT2D eigenvalue weighted by Gasteiger charge is 2.23. The molecule has 0 saturated heterocycles. The molecule has 80 valence electrons. The van der Waals surface area contributed by atoms with Crippen molar-refractivity contribution in [3.05, 3.63) is 29.6 Å². The van der Waals surface area contributed by atoms with Gasteiger partial charge in [0.2, 0.25) is 5.91 Å². The number of nitrogens with zero attached hydrogens (tertiary/aromatic N) is 2. The predicted molar refractivity (Wildman–Crippen MR) is 58.7 cm³/mol. The van der Waals surface area contributed by atoms with Gasteiger partial charge in [-0.3, -0.25) is 9.78 Å². The van der Waals surface area contributed by atoms with E-state index in [2.05, 4.69) is 4.98 Å². The molecule has 4 heteroatoms. The summed E-state index contributed by atoms with van der Waals surface area (Å²) in [6.07, 6.45) is 2.62. The first-order valence-corrected chi connectivity index (χ1v) is 5.48. The van der Waals surface area contributed by atoms with Crippen LogP contribution < -0.4 is 0 Å². The van der Waals surface area contributed by atoms with E-state index < -0.39 is 5.38 Å². The zero-order valence-electron chi connectivity index (χ0n) is 8.61. The lowest BCUT2D eigenvalue weighted by molar-refractivity contribution is -0.131. The normalized spacial score (nSPS) is 17.1. The van der Waals surface area contributed by atoms with Gasteiger partial charge < -0.3 is 4.90 Å². The Balaban J connectivity index is 2.15. The van der Waals surface area contributed by atoms with Crippen molar-refractivity contribution < 1.29 is 4.79 Å². The molecular formula is C11H13ClN2O. The fourth-order valence-corrected chi connectivity index (χ4v) is 1.94. The number of fused-ring (bicyclic) bond motifs is 1. The highest BCUT2D eigenvalue weighted by Crippen LogP contribution is 2.17. The van der Waals surface area contributed by atoms with Crippen LogP contribution in [0, 0.1) is 0 Å². The third-order valence-corrected chi connectivity index (χ3v) is 2.80. The Morgan fingerprint density at radius 3 is 3.20 bits per heavy atom. The largest absolute Gasteiger partial charge is 0.337 e. The third-order valence-electron chi connectivity index (χ3n) is 2.62. The number of amides is 1. The van der Waals surface area contributed by atoms with E-state index in [0.29, 0.717) is 6.54 Å². The van der Waals surface area contributed by atoms with Crippen molar-refractivity contribution in [3.63, 3.8) is 0 Å². The lowest BCUT2D eigenvalue weighted by Gasteiger charge is -2.28. The summed E-state index contributed by atoms with van der Waals surface area (Å²) in [6, 6.07) is 3.91. The monoisotopic (exact) mass is 224 g/mol. The first-order valence-electron chi connectivity index (χ1n) is 5.04. The zero-order chi connectivity index (χ0) is 10.8. The second-order valence-electron chi connectivity index (χ2n) is 3.74. The second kappa shape index (κ2) is 4.19. The van der Waals surface area contributed by atoms with E-state index in [1.54, 1.807) is 18.0 Å². The first kappa shape index (κ1) is 10.4. The molecule has 1 aliphatic heterocycles. The molecule has 1 aromatic rings. The molecule has 0 bridgehead atoms. The Hall–Kier alpha value is -1.09. The molecule has 1 aromatic heterocycles. The number of hydrogen-bond acceptors (Lipinski definition) is 2. The Morgan fingerprint density at radius 1 is 1.67 bits per heavy atom. The molecule has 0 N–H and O–H groups in total. The van der Waals surface area contributed by atoms with Crippen molar-refractivity contribution in [3.8, 4) is 0 Å². The zero-order valence-corrected chi connectivity index (χ0v) is 9.37. The molecule has 1 atom stereocenters. The summed E-state index contributed by atoms with van der Waals surface area (Å²) in [6.45, 7) is 3.07. The number of rotatable bonds is 1. The van der Waals surface area contributed by atoms with Gasteiger partial charge in [0.25, 0.3) is 0 Å². The highest BCUT2D eigenvalue weighted by molar-refractivity contribution is 6.30. The third kappa shape index (κ3) is 2.12. The number of hydrogen-bond donors (Lipinski definition) is 0. The molecular weight excluding hydrogens is 212 g/mol. The summed E-state index contributed by atoms with van der Waals surface area (Å²) in [7, 11) is 0. The summed E-state index contributed by atoms with van der Waals surface area (Å²) in [5, 5.41) is -0.441. The van der Waals surface area contributed by atoms with Crippen LogP contribution in [-0.4, -0.2) is 27.7 Å². The van der Waals surface area contributed by atoms with Crippen LogP contribution in [0.2, 0.25) is 0 Å². The fourth-order valence-electron chi connectivity index (χ4n) is 1.81. The molecule has 0 aliphatic carbocycles. The standard InChI is InChI=1S/C11H13ClN2O/c1-8(12)11(15)14-6-4-10-9(7-14)3-2-5-13-10/h2-3,5,8H,4,6-7H2,1H3. The molecule has 2 rings (SSSR count). The minimum absolute atomic E-state index is 0.00571. The Labute approximate surface area is 94.1 Å². The van der Waals surface area contributed by atoms with Crippen molar-refractivity contribution in [2.75, 3.05) is 6.54 Å². The van der Waals surface area contributed by atoms with Crippen molar-refractivity contribution >= 4 is 17.5 Å². The number of halogens is 1. The molecule has 15 heavy (non-hydrogen) atoms. The first-order chi connectivity index (χ1) is 7.18. The minimum atomic E-state index is -0.441. The van der Waals surface area contributed by atoms with Crippen LogP contribution in [0.3, 0.4) is 0 Å². The molecule has 1 aliphatic rings. The Bertz CT molecular complexity index is 379. The van der Waals surface area contributed by atoms with Crippen molar-refractivity contribution in [2.45, 2.75) is 25.3 Å². The Kier molecular flexibility index (Phi) is 2.91. The molecule has 0 fully saturated rings. The second-order valence-corrected chi connectivity index (χ2v) is 4.39. The number of aromatic nitrogens is 1. The SMILES string of the molecule is CC(Cl)C(=O)N1CCc2ncccc2C1. The predicted octanol–water partition coefficient (Wildman–Crippen LogP) is 1.59. The lowest BCUT2D eigenvalue weighted by Crippen LogP contribution is -2.39. The van der Waals surface area contributed by atoms with E-state index in [1.165, 1.54) is 0 Å². The number of carbonyl (C=O) groups excluding carboxylic acids is 1. The summed E-state index contributed by atoms with van der Waals surface area (Å²) >= 11 is 5.78. The van der Waals surface area contributed by atoms with E-state index in [9.17, 15) is 4.79 Å². The maximum atomic E-state index is 11.7. The van der Waals surface area contributed by atoms with E-state index >= 15 is 0 Å². The van der Waals surface area contributed by atoms with Crippen LogP contribution in [-0.2, 0) is 17.8 Å². The van der Waals surface area contributed by atoms with Crippen LogP contribution in [0.5, 0.6) is 0 Å². The van der Waals surface area contributed by atoms with Crippen LogP contribution in [0.15, 0.2) is 18.3 Å². The van der Waals surface area contributed by atoms with Gasteiger partial charge in [0, 0.05) is 31.4 Å². The van der Waals surface area contributed by atoms with Crippen molar-refractivity contribution in [1.29, 1.82) is 0 Å². The van der Waals surface area contributed by atoms with Crippen molar-refractivity contribution in [1.82, 2.24) is 9.88 Å². The molecule has 1 amide bonds. The van der Waals surface area contributed by atoms with E-state index in [-0.39, 0.29) is 5.91 Å². The van der Waals surface area contributed by atoms with E-state index in [1.807, 2.05) is 12.1 Å². The fraction of sp³-hybridized carbons (Fsp3) is 0.455. The van der Waals surface area contributed by atoms with Gasteiger partial charge in [-0.2, -0.15) is 0 Å². The summed E-state index contributed by atoms with van der Waals surface area (Å²) in [5.74, 6) is 0.00571. The molecule has 0 aromatic carbocycles. The summed E-state index contributed by atoms with van der Waals surface area (Å²) < 4.78 is 0. The van der Waals surface area contributed by atoms with Gasteiger partial charge in [-0.1, -0.05) is 6.07 Å². The van der Waals surface area contributed by atoms with Gasteiger partial charge in [-0.25, -0.2) is 0 Å². The van der Waals surface area contributed by atoms with Crippen molar-refractivity contribution in [2.24, 2.45) is 0 Å². The van der Waals surface area contributed by atoms with Crippen LogP contribution in [0.1, 0.15) is 18.2 Å². The average Bonchev–Trinajstić information content (AvgIpc) is 2.27. The maximum Gasteiger partial charge on any atom is 0.240 e. The van der Waals surface area contributed by atoms with E-state index in [0.717, 1.165) is 24.2 Å². The summed E-state index contributed by atoms with van der Waals surface area (Å²) in [4.78, 5) is 17.8. The van der Waals surface area contributed by atoms with Crippen LogP contribution in [0.25, 0.3) is 0 Å². The lowest BCUT2D eigenvalue weighted by atomic mass is 10.1. The Morgan fingerprint density at radius 2 is 2.47 bits per heavy atom. The number of carbonyl (C=O) groups is 1. The molecule has 1 unspecified atom stereocenters. The molecule has 0 spiro atoms. The molecule has 3 nitrogen and oxygen atoms in total. The topological polar surface area (TPSA) is 33.2 Å². The quantitative estimate of drug-likeness (QED) is 0.679.